The molecular weight excluding hydrogens is 308 g/mol. The average molecular weight is 324 g/mol. The molecule has 0 bridgehead atoms. The van der Waals surface area contributed by atoms with Gasteiger partial charge in [0.15, 0.2) is 5.82 Å². The molecule has 1 fully saturated rings. The molecular formula is C16H16N6O2. The van der Waals surface area contributed by atoms with Crippen LogP contribution in [0.25, 0.3) is 5.82 Å². The maximum atomic E-state index is 12.3. The van der Waals surface area contributed by atoms with Crippen LogP contribution in [0.3, 0.4) is 0 Å². The van der Waals surface area contributed by atoms with Gasteiger partial charge in [0.1, 0.15) is 0 Å². The van der Waals surface area contributed by atoms with E-state index in [0.29, 0.717) is 12.4 Å². The Balaban J connectivity index is 1.61. The summed E-state index contributed by atoms with van der Waals surface area (Å²) in [5.74, 6) is 0.591. The van der Waals surface area contributed by atoms with Crippen LogP contribution in [-0.4, -0.2) is 29.1 Å². The van der Waals surface area contributed by atoms with E-state index < -0.39 is 11.1 Å². The number of nitrogens with zero attached hydrogens (tertiary/aromatic N) is 6. The highest BCUT2D eigenvalue weighted by Crippen LogP contribution is 2.41. The molecule has 3 aromatic rings. The SMILES string of the molecule is CC1(n2ccn(Cc3ccc(-n4nccn4)nc3)c(=O)c2=O)CC1. The minimum Gasteiger partial charge on any atom is -0.305 e. The lowest BCUT2D eigenvalue weighted by atomic mass is 10.2. The second-order valence-corrected chi connectivity index (χ2v) is 6.25. The van der Waals surface area contributed by atoms with Crippen molar-refractivity contribution in [2.45, 2.75) is 31.8 Å². The lowest BCUT2D eigenvalue weighted by Gasteiger charge is -2.14. The largest absolute Gasteiger partial charge is 0.316 e. The highest BCUT2D eigenvalue weighted by molar-refractivity contribution is 5.23. The molecule has 0 N–H and O–H groups in total. The Labute approximate surface area is 137 Å². The zero-order chi connectivity index (χ0) is 16.7. The summed E-state index contributed by atoms with van der Waals surface area (Å²) in [6.07, 6.45) is 10.0. The molecule has 4 rings (SSSR count). The van der Waals surface area contributed by atoms with Gasteiger partial charge in [0.25, 0.3) is 0 Å². The van der Waals surface area contributed by atoms with Crippen LogP contribution in [-0.2, 0) is 12.1 Å². The number of rotatable bonds is 4. The van der Waals surface area contributed by atoms with Crippen molar-refractivity contribution < 1.29 is 0 Å². The van der Waals surface area contributed by atoms with Gasteiger partial charge in [0.05, 0.1) is 18.9 Å². The summed E-state index contributed by atoms with van der Waals surface area (Å²) >= 11 is 0. The molecule has 8 heteroatoms. The number of aromatic nitrogens is 6. The van der Waals surface area contributed by atoms with E-state index in [1.54, 1.807) is 41.6 Å². The van der Waals surface area contributed by atoms with Gasteiger partial charge in [-0.05, 0) is 31.4 Å². The van der Waals surface area contributed by atoms with Gasteiger partial charge >= 0.3 is 11.1 Å². The highest BCUT2D eigenvalue weighted by atomic mass is 16.2. The van der Waals surface area contributed by atoms with Crippen molar-refractivity contribution in [3.8, 4) is 5.82 Å². The molecule has 0 spiro atoms. The smallest absolute Gasteiger partial charge is 0.305 e. The molecule has 3 heterocycles. The Kier molecular flexibility index (Phi) is 3.19. The lowest BCUT2D eigenvalue weighted by molar-refractivity contribution is 0.496. The van der Waals surface area contributed by atoms with Crippen molar-refractivity contribution in [2.75, 3.05) is 0 Å². The standard InChI is InChI=1S/C16H16N6O2/c1-16(4-5-16)21-9-8-20(14(23)15(21)24)11-12-2-3-13(17-10-12)22-18-6-7-19-22/h2-3,6-10H,4-5,11H2,1H3. The van der Waals surface area contributed by atoms with Gasteiger partial charge in [-0.3, -0.25) is 9.59 Å². The first-order valence-corrected chi connectivity index (χ1v) is 7.71. The van der Waals surface area contributed by atoms with Crippen LogP contribution in [0.2, 0.25) is 0 Å². The number of hydrogen-bond acceptors (Lipinski definition) is 5. The number of hydrogen-bond donors (Lipinski definition) is 0. The van der Waals surface area contributed by atoms with Gasteiger partial charge < -0.3 is 9.13 Å². The maximum Gasteiger partial charge on any atom is 0.316 e. The highest BCUT2D eigenvalue weighted by Gasteiger charge is 2.40. The molecule has 1 aliphatic rings. The van der Waals surface area contributed by atoms with Gasteiger partial charge in [-0.1, -0.05) is 6.07 Å². The van der Waals surface area contributed by atoms with E-state index in [1.807, 2.05) is 13.0 Å². The average Bonchev–Trinajstić information content (AvgIpc) is 3.11. The van der Waals surface area contributed by atoms with Crippen molar-refractivity contribution in [1.82, 2.24) is 29.1 Å². The van der Waals surface area contributed by atoms with Gasteiger partial charge in [0, 0.05) is 24.1 Å². The quantitative estimate of drug-likeness (QED) is 0.654. The van der Waals surface area contributed by atoms with E-state index in [9.17, 15) is 9.59 Å². The predicted molar refractivity (Wildman–Crippen MR) is 86.1 cm³/mol. The van der Waals surface area contributed by atoms with Crippen molar-refractivity contribution in [1.29, 1.82) is 0 Å². The number of pyridine rings is 1. The molecule has 0 unspecified atom stereocenters. The van der Waals surface area contributed by atoms with E-state index in [0.717, 1.165) is 18.4 Å². The first-order chi connectivity index (χ1) is 11.6. The van der Waals surface area contributed by atoms with Crippen LogP contribution in [0.1, 0.15) is 25.3 Å². The van der Waals surface area contributed by atoms with E-state index in [1.165, 1.54) is 9.36 Å². The summed E-state index contributed by atoms with van der Waals surface area (Å²) in [4.78, 5) is 30.3. The van der Waals surface area contributed by atoms with E-state index >= 15 is 0 Å². The lowest BCUT2D eigenvalue weighted by Crippen LogP contribution is -2.43. The Morgan fingerprint density at radius 2 is 1.83 bits per heavy atom. The minimum atomic E-state index is -0.511. The van der Waals surface area contributed by atoms with Crippen molar-refractivity contribution in [3.05, 3.63) is 69.4 Å². The van der Waals surface area contributed by atoms with Gasteiger partial charge in [-0.15, -0.1) is 4.80 Å². The first-order valence-electron chi connectivity index (χ1n) is 7.71. The van der Waals surface area contributed by atoms with Crippen LogP contribution in [0, 0.1) is 0 Å². The molecule has 24 heavy (non-hydrogen) atoms. The summed E-state index contributed by atoms with van der Waals surface area (Å²) < 4.78 is 2.96. The fourth-order valence-corrected chi connectivity index (χ4v) is 2.64. The van der Waals surface area contributed by atoms with Crippen LogP contribution >= 0.6 is 0 Å². The van der Waals surface area contributed by atoms with Crippen LogP contribution in [0.4, 0.5) is 0 Å². The maximum absolute atomic E-state index is 12.3. The van der Waals surface area contributed by atoms with Crippen LogP contribution < -0.4 is 11.1 Å². The Bertz CT molecular complexity index is 981. The molecule has 0 atom stereocenters. The Hall–Kier alpha value is -3.03. The summed E-state index contributed by atoms with van der Waals surface area (Å²) in [6, 6.07) is 3.61. The third kappa shape index (κ3) is 2.45. The fourth-order valence-electron chi connectivity index (χ4n) is 2.64. The molecule has 1 aliphatic carbocycles. The molecule has 3 aromatic heterocycles. The van der Waals surface area contributed by atoms with Gasteiger partial charge in [0.2, 0.25) is 0 Å². The zero-order valence-corrected chi connectivity index (χ0v) is 13.2. The van der Waals surface area contributed by atoms with Crippen LogP contribution in [0.15, 0.2) is 52.7 Å². The first kappa shape index (κ1) is 14.6. The Morgan fingerprint density at radius 1 is 1.08 bits per heavy atom. The van der Waals surface area contributed by atoms with Crippen molar-refractivity contribution >= 4 is 0 Å². The zero-order valence-electron chi connectivity index (χ0n) is 13.2. The second-order valence-electron chi connectivity index (χ2n) is 6.25. The van der Waals surface area contributed by atoms with Gasteiger partial charge in [-0.2, -0.15) is 10.2 Å². The minimum absolute atomic E-state index is 0.185. The molecule has 1 saturated carbocycles. The van der Waals surface area contributed by atoms with Crippen LogP contribution in [0.5, 0.6) is 0 Å². The van der Waals surface area contributed by atoms with Crippen molar-refractivity contribution in [3.63, 3.8) is 0 Å². The van der Waals surface area contributed by atoms with Crippen molar-refractivity contribution in [2.24, 2.45) is 0 Å². The molecule has 8 nitrogen and oxygen atoms in total. The molecule has 0 radical (unpaired) electrons. The molecule has 0 amide bonds. The molecule has 122 valence electrons. The van der Waals surface area contributed by atoms with E-state index in [2.05, 4.69) is 15.2 Å². The topological polar surface area (TPSA) is 87.6 Å². The Morgan fingerprint density at radius 3 is 2.46 bits per heavy atom. The normalized spacial score (nSPS) is 15.4. The summed E-state index contributed by atoms with van der Waals surface area (Å²) in [5, 5.41) is 8.02. The summed E-state index contributed by atoms with van der Waals surface area (Å²) in [5.41, 5.74) is -0.343. The molecule has 0 aromatic carbocycles. The predicted octanol–water partition coefficient (Wildman–Crippen LogP) is 0.543. The van der Waals surface area contributed by atoms with E-state index in [4.69, 9.17) is 0 Å². The summed E-state index contributed by atoms with van der Waals surface area (Å²) in [6.45, 7) is 2.29. The third-order valence-corrected chi connectivity index (χ3v) is 4.40. The fraction of sp³-hybridized carbons (Fsp3) is 0.312. The summed E-state index contributed by atoms with van der Waals surface area (Å²) in [7, 11) is 0. The monoisotopic (exact) mass is 324 g/mol. The third-order valence-electron chi connectivity index (χ3n) is 4.40. The van der Waals surface area contributed by atoms with E-state index in [-0.39, 0.29) is 5.54 Å². The second kappa shape index (κ2) is 5.26. The van der Waals surface area contributed by atoms with Gasteiger partial charge in [-0.25, -0.2) is 4.98 Å². The molecule has 0 aliphatic heterocycles. The molecule has 0 saturated heterocycles.